The van der Waals surface area contributed by atoms with Gasteiger partial charge in [0.05, 0.1) is 11.9 Å². The fourth-order valence-corrected chi connectivity index (χ4v) is 1.36. The van der Waals surface area contributed by atoms with E-state index in [1.165, 1.54) is 0 Å². The number of carbonyl (C=O) groups is 1. The Morgan fingerprint density at radius 1 is 1.53 bits per heavy atom. The van der Waals surface area contributed by atoms with Crippen LogP contribution in [-0.2, 0) is 11.2 Å². The summed E-state index contributed by atoms with van der Waals surface area (Å²) in [5.41, 5.74) is 2.09. The van der Waals surface area contributed by atoms with Crippen molar-refractivity contribution >= 4 is 29.4 Å². The summed E-state index contributed by atoms with van der Waals surface area (Å²) in [5.74, 6) is -0.806. The van der Waals surface area contributed by atoms with Gasteiger partial charge in [-0.25, -0.2) is 4.39 Å². The first kappa shape index (κ1) is 11.5. The molecule has 1 aromatic rings. The van der Waals surface area contributed by atoms with Crippen LogP contribution >= 0.6 is 12.2 Å². The maximum absolute atomic E-state index is 13.0. The van der Waals surface area contributed by atoms with Gasteiger partial charge >= 0.3 is 0 Å². The van der Waals surface area contributed by atoms with Crippen molar-refractivity contribution in [3.8, 4) is 0 Å². The molecule has 1 N–H and O–H groups in total. The lowest BCUT2D eigenvalue weighted by molar-refractivity contribution is -0.118. The third-order valence-corrected chi connectivity index (χ3v) is 2.00. The monoisotopic (exact) mass is 223 g/mol. The van der Waals surface area contributed by atoms with Gasteiger partial charge in [-0.05, 0) is 5.56 Å². The van der Waals surface area contributed by atoms with Gasteiger partial charge in [0.15, 0.2) is 0 Å². The Labute approximate surface area is 92.8 Å². The number of halogens is 1. The van der Waals surface area contributed by atoms with Crippen molar-refractivity contribution in [3.05, 3.63) is 42.0 Å². The summed E-state index contributed by atoms with van der Waals surface area (Å²) in [6, 6.07) is 6.71. The zero-order valence-electron chi connectivity index (χ0n) is 8.00. The van der Waals surface area contributed by atoms with Gasteiger partial charge in [-0.2, -0.15) is 0 Å². The summed E-state index contributed by atoms with van der Waals surface area (Å²) in [6.45, 7) is 3.21. The van der Waals surface area contributed by atoms with E-state index < -0.39 is 5.83 Å². The fraction of sp³-hybridized carbons (Fsp3) is 0.0909. The Hall–Kier alpha value is -1.55. The highest BCUT2D eigenvalue weighted by Crippen LogP contribution is 2.18. The molecule has 0 saturated carbocycles. The van der Waals surface area contributed by atoms with Crippen LogP contribution in [0, 0.1) is 0 Å². The summed E-state index contributed by atoms with van der Waals surface area (Å²) in [5, 5.41) is 2.36. The van der Waals surface area contributed by atoms with Crippen molar-refractivity contribution in [2.24, 2.45) is 0 Å². The van der Waals surface area contributed by atoms with Crippen molar-refractivity contribution in [1.29, 1.82) is 0 Å². The SMILES string of the molecule is C=C(F)c1ccccc1CC(=O)NC=S. The van der Waals surface area contributed by atoms with Gasteiger partial charge in [0.1, 0.15) is 5.83 Å². The lowest BCUT2D eigenvalue weighted by Crippen LogP contribution is -2.22. The van der Waals surface area contributed by atoms with E-state index in [0.29, 0.717) is 11.1 Å². The molecule has 1 amide bonds. The maximum Gasteiger partial charge on any atom is 0.228 e. The molecule has 78 valence electrons. The van der Waals surface area contributed by atoms with Gasteiger partial charge < -0.3 is 5.32 Å². The Morgan fingerprint density at radius 2 is 2.20 bits per heavy atom. The number of benzene rings is 1. The largest absolute Gasteiger partial charge is 0.323 e. The number of amides is 1. The van der Waals surface area contributed by atoms with Crippen molar-refractivity contribution in [1.82, 2.24) is 5.32 Å². The fourth-order valence-electron chi connectivity index (χ4n) is 1.23. The Balaban J connectivity index is 2.89. The third-order valence-electron chi connectivity index (χ3n) is 1.88. The molecule has 0 radical (unpaired) electrons. The van der Waals surface area contributed by atoms with Gasteiger partial charge in [0.25, 0.3) is 0 Å². The normalized spacial score (nSPS) is 9.40. The molecule has 4 heteroatoms. The van der Waals surface area contributed by atoms with Crippen LogP contribution in [0.15, 0.2) is 30.8 Å². The van der Waals surface area contributed by atoms with Crippen molar-refractivity contribution < 1.29 is 9.18 Å². The maximum atomic E-state index is 13.0. The third kappa shape index (κ3) is 3.25. The molecule has 2 nitrogen and oxygen atoms in total. The lowest BCUT2D eigenvalue weighted by atomic mass is 10.0. The molecule has 0 atom stereocenters. The van der Waals surface area contributed by atoms with Crippen LogP contribution in [0.2, 0.25) is 0 Å². The zero-order valence-corrected chi connectivity index (χ0v) is 8.81. The first-order valence-corrected chi connectivity index (χ1v) is 4.78. The van der Waals surface area contributed by atoms with Crippen molar-refractivity contribution in [3.63, 3.8) is 0 Å². The van der Waals surface area contributed by atoms with Crippen LogP contribution in [0.1, 0.15) is 11.1 Å². The lowest BCUT2D eigenvalue weighted by Gasteiger charge is -2.05. The van der Waals surface area contributed by atoms with E-state index in [4.69, 9.17) is 0 Å². The van der Waals surface area contributed by atoms with Gasteiger partial charge in [-0.1, -0.05) is 43.1 Å². The summed E-state index contributed by atoms with van der Waals surface area (Å²) in [7, 11) is 0. The molecule has 1 rings (SSSR count). The number of rotatable bonds is 4. The standard InChI is InChI=1S/C11H10FNOS/c1-8(12)10-5-3-2-4-9(10)6-11(14)13-7-15/h2-5,7H,1,6H2,(H,13,14,15). The van der Waals surface area contributed by atoms with Crippen LogP contribution in [0.4, 0.5) is 4.39 Å². The van der Waals surface area contributed by atoms with Gasteiger partial charge in [-0.3, -0.25) is 4.79 Å². The van der Waals surface area contributed by atoms with E-state index in [9.17, 15) is 9.18 Å². The van der Waals surface area contributed by atoms with Crippen LogP contribution in [-0.4, -0.2) is 11.4 Å². The number of carbonyl (C=O) groups excluding carboxylic acids is 1. The molecule has 0 aliphatic rings. The molecule has 0 heterocycles. The second-order valence-corrected chi connectivity index (χ2v) is 3.16. The topological polar surface area (TPSA) is 29.1 Å². The van der Waals surface area contributed by atoms with Crippen LogP contribution in [0.25, 0.3) is 5.83 Å². The van der Waals surface area contributed by atoms with Gasteiger partial charge in [0, 0.05) is 5.56 Å². The van der Waals surface area contributed by atoms with Crippen molar-refractivity contribution in [2.75, 3.05) is 0 Å². The van der Waals surface area contributed by atoms with E-state index in [1.807, 2.05) is 0 Å². The second kappa shape index (κ2) is 5.36. The number of hydrogen-bond donors (Lipinski definition) is 1. The highest BCUT2D eigenvalue weighted by molar-refractivity contribution is 7.78. The summed E-state index contributed by atoms with van der Waals surface area (Å²) in [4.78, 5) is 11.2. The molecule has 0 aliphatic heterocycles. The molecule has 0 fully saturated rings. The molecule has 0 spiro atoms. The summed E-state index contributed by atoms with van der Waals surface area (Å²) >= 11 is 4.48. The molecular formula is C11H10FNOS. The number of thiocarbonyl (C=S) groups is 1. The highest BCUT2D eigenvalue weighted by Gasteiger charge is 2.08. The Morgan fingerprint density at radius 3 is 2.80 bits per heavy atom. The first-order chi connectivity index (χ1) is 7.15. The minimum atomic E-state index is -0.541. The molecule has 0 bridgehead atoms. The smallest absolute Gasteiger partial charge is 0.228 e. The quantitative estimate of drug-likeness (QED) is 0.793. The molecule has 0 unspecified atom stereocenters. The molecule has 0 saturated heterocycles. The molecule has 1 aromatic carbocycles. The number of hydrogen-bond acceptors (Lipinski definition) is 2. The molecular weight excluding hydrogens is 213 g/mol. The predicted octanol–water partition coefficient (Wildman–Crippen LogP) is 2.24. The van der Waals surface area contributed by atoms with E-state index >= 15 is 0 Å². The summed E-state index contributed by atoms with van der Waals surface area (Å²) in [6.07, 6.45) is 0.0895. The van der Waals surface area contributed by atoms with Crippen molar-refractivity contribution in [2.45, 2.75) is 6.42 Å². The zero-order chi connectivity index (χ0) is 11.3. The average Bonchev–Trinajstić information content (AvgIpc) is 2.18. The predicted molar refractivity (Wildman–Crippen MR) is 62.1 cm³/mol. The second-order valence-electron chi connectivity index (χ2n) is 2.92. The van der Waals surface area contributed by atoms with E-state index in [-0.39, 0.29) is 12.3 Å². The van der Waals surface area contributed by atoms with Crippen LogP contribution < -0.4 is 5.32 Å². The Kier molecular flexibility index (Phi) is 4.12. The average molecular weight is 223 g/mol. The molecule has 15 heavy (non-hydrogen) atoms. The van der Waals surface area contributed by atoms with Gasteiger partial charge in [0.2, 0.25) is 5.91 Å². The number of nitrogens with one attached hydrogen (secondary N) is 1. The van der Waals surface area contributed by atoms with E-state index in [1.54, 1.807) is 24.3 Å². The molecule has 0 aliphatic carbocycles. The Bertz CT molecular complexity index is 403. The highest BCUT2D eigenvalue weighted by atomic mass is 32.1. The minimum Gasteiger partial charge on any atom is -0.323 e. The minimum absolute atomic E-state index is 0.0895. The van der Waals surface area contributed by atoms with Crippen LogP contribution in [0.3, 0.4) is 0 Å². The first-order valence-electron chi connectivity index (χ1n) is 4.31. The van der Waals surface area contributed by atoms with Gasteiger partial charge in [-0.15, -0.1) is 0 Å². The van der Waals surface area contributed by atoms with E-state index in [2.05, 4.69) is 24.1 Å². The summed E-state index contributed by atoms with van der Waals surface area (Å²) < 4.78 is 13.0. The van der Waals surface area contributed by atoms with Crippen LogP contribution in [0.5, 0.6) is 0 Å². The van der Waals surface area contributed by atoms with E-state index in [0.717, 1.165) is 5.49 Å². The molecule has 0 aromatic heterocycles.